The van der Waals surface area contributed by atoms with E-state index in [9.17, 15) is 9.18 Å². The normalized spacial score (nSPS) is 25.0. The van der Waals surface area contributed by atoms with Crippen molar-refractivity contribution in [2.45, 2.75) is 43.7 Å². The van der Waals surface area contributed by atoms with Crippen LogP contribution < -0.4 is 0 Å². The van der Waals surface area contributed by atoms with Gasteiger partial charge in [-0.1, -0.05) is 12.1 Å². The average molecular weight is 366 g/mol. The van der Waals surface area contributed by atoms with E-state index in [4.69, 9.17) is 0 Å². The second kappa shape index (κ2) is 6.16. The maximum Gasteiger partial charge on any atom is 0.254 e. The van der Waals surface area contributed by atoms with Crippen molar-refractivity contribution >= 4 is 27.5 Å². The third kappa shape index (κ3) is 2.62. The molecule has 0 N–H and O–H groups in total. The van der Waals surface area contributed by atoms with E-state index in [1.165, 1.54) is 17.7 Å². The molecule has 2 aromatic carbocycles. The summed E-state index contributed by atoms with van der Waals surface area (Å²) in [5, 5.41) is 0. The lowest BCUT2D eigenvalue weighted by atomic mass is 9.85. The summed E-state index contributed by atoms with van der Waals surface area (Å²) in [7, 11) is 0. The number of halogens is 1. The Hall–Kier alpha value is -2.27. The molecule has 1 unspecified atom stereocenters. The van der Waals surface area contributed by atoms with E-state index in [0.717, 1.165) is 41.5 Å². The van der Waals surface area contributed by atoms with Crippen LogP contribution in [0.2, 0.25) is 0 Å². The minimum atomic E-state index is -0.193. The highest BCUT2D eigenvalue weighted by molar-refractivity contribution is 7.16. The van der Waals surface area contributed by atoms with Crippen molar-refractivity contribution in [1.82, 2.24) is 9.88 Å². The molecule has 3 heterocycles. The van der Waals surface area contributed by atoms with Gasteiger partial charge in [-0.2, -0.15) is 0 Å². The van der Waals surface area contributed by atoms with E-state index in [0.29, 0.717) is 5.92 Å². The van der Waals surface area contributed by atoms with Crippen LogP contribution >= 0.6 is 11.3 Å². The summed E-state index contributed by atoms with van der Waals surface area (Å²) >= 11 is 1.59. The number of fused-ring (bicyclic) bond motifs is 3. The summed E-state index contributed by atoms with van der Waals surface area (Å²) in [4.78, 5) is 19.6. The van der Waals surface area contributed by atoms with Crippen LogP contribution in [0.25, 0.3) is 10.2 Å². The lowest BCUT2D eigenvalue weighted by Crippen LogP contribution is -2.46. The number of benzene rings is 2. The summed E-state index contributed by atoms with van der Waals surface area (Å²) in [5.41, 5.74) is 4.64. The molecule has 0 aliphatic carbocycles. The molecule has 1 amide bonds. The van der Waals surface area contributed by atoms with E-state index in [-0.39, 0.29) is 23.8 Å². The summed E-state index contributed by atoms with van der Waals surface area (Å²) in [6.07, 6.45) is 4.06. The van der Waals surface area contributed by atoms with Crippen LogP contribution in [-0.4, -0.2) is 27.9 Å². The fourth-order valence-corrected chi connectivity index (χ4v) is 5.31. The second-order valence-electron chi connectivity index (χ2n) is 7.35. The molecule has 1 aromatic heterocycles. The predicted molar refractivity (Wildman–Crippen MR) is 101 cm³/mol. The quantitative estimate of drug-likeness (QED) is 0.640. The average Bonchev–Trinajstić information content (AvgIpc) is 3.23. The van der Waals surface area contributed by atoms with Crippen LogP contribution in [0.1, 0.15) is 47.5 Å². The lowest BCUT2D eigenvalue weighted by molar-refractivity contribution is 0.0571. The number of rotatable bonds is 2. The minimum absolute atomic E-state index is 0.130. The van der Waals surface area contributed by atoms with Gasteiger partial charge in [0.1, 0.15) is 5.82 Å². The maximum absolute atomic E-state index is 13.2. The molecule has 132 valence electrons. The van der Waals surface area contributed by atoms with Gasteiger partial charge in [0.05, 0.1) is 15.7 Å². The summed E-state index contributed by atoms with van der Waals surface area (Å²) in [5.74, 6) is 0.352. The molecule has 2 saturated heterocycles. The Morgan fingerprint density at radius 2 is 1.81 bits per heavy atom. The van der Waals surface area contributed by atoms with E-state index >= 15 is 0 Å². The van der Waals surface area contributed by atoms with Gasteiger partial charge in [-0.25, -0.2) is 9.37 Å². The number of carbonyl (C=O) groups is 1. The number of nitrogens with zero attached hydrogens (tertiary/aromatic N) is 2. The Labute approximate surface area is 155 Å². The van der Waals surface area contributed by atoms with Gasteiger partial charge in [-0.15, -0.1) is 11.3 Å². The van der Waals surface area contributed by atoms with Crippen LogP contribution in [0.4, 0.5) is 4.39 Å². The number of hydrogen-bond donors (Lipinski definition) is 0. The van der Waals surface area contributed by atoms with Gasteiger partial charge in [0, 0.05) is 17.6 Å². The zero-order valence-electron chi connectivity index (χ0n) is 14.3. The standard InChI is InChI=1S/C21H19FN2OS/c22-16-4-1-13(2-5-16)15-9-17-6-7-18(10-15)24(17)21(25)14-3-8-20-19(11-14)23-12-26-20/h1-5,8,11-12,15,17-18H,6-7,9-10H2/t15?,17-,18+. The predicted octanol–water partition coefficient (Wildman–Crippen LogP) is 4.99. The third-order valence-corrected chi connectivity index (χ3v) is 6.70. The van der Waals surface area contributed by atoms with E-state index in [2.05, 4.69) is 9.88 Å². The minimum Gasteiger partial charge on any atom is -0.333 e. The van der Waals surface area contributed by atoms with Crippen LogP contribution in [0.3, 0.4) is 0 Å². The molecule has 5 rings (SSSR count). The Bertz CT molecular complexity index is 954. The summed E-state index contributed by atoms with van der Waals surface area (Å²) in [6, 6.07) is 13.3. The van der Waals surface area contributed by atoms with Crippen LogP contribution in [0.15, 0.2) is 48.0 Å². The van der Waals surface area contributed by atoms with E-state index in [1.54, 1.807) is 11.3 Å². The molecule has 3 nitrogen and oxygen atoms in total. The first-order valence-corrected chi connectivity index (χ1v) is 9.98. The molecule has 26 heavy (non-hydrogen) atoms. The number of carbonyl (C=O) groups excluding carboxylic acids is 1. The van der Waals surface area contributed by atoms with Gasteiger partial charge in [-0.3, -0.25) is 4.79 Å². The molecule has 0 saturated carbocycles. The van der Waals surface area contributed by atoms with Crippen molar-refractivity contribution < 1.29 is 9.18 Å². The van der Waals surface area contributed by atoms with E-state index in [1.807, 2.05) is 35.8 Å². The van der Waals surface area contributed by atoms with Crippen molar-refractivity contribution in [3.8, 4) is 0 Å². The molecule has 2 bridgehead atoms. The Balaban J connectivity index is 1.39. The Morgan fingerprint density at radius 3 is 2.54 bits per heavy atom. The van der Waals surface area contributed by atoms with Gasteiger partial charge < -0.3 is 4.90 Å². The van der Waals surface area contributed by atoms with Gasteiger partial charge in [0.15, 0.2) is 0 Å². The summed E-state index contributed by atoms with van der Waals surface area (Å²) < 4.78 is 14.3. The summed E-state index contributed by atoms with van der Waals surface area (Å²) in [6.45, 7) is 0. The largest absolute Gasteiger partial charge is 0.333 e. The highest BCUT2D eigenvalue weighted by Crippen LogP contribution is 2.43. The lowest BCUT2D eigenvalue weighted by Gasteiger charge is -2.39. The first kappa shape index (κ1) is 15.9. The van der Waals surface area contributed by atoms with Gasteiger partial charge >= 0.3 is 0 Å². The molecule has 0 radical (unpaired) electrons. The molecule has 2 fully saturated rings. The van der Waals surface area contributed by atoms with E-state index < -0.39 is 0 Å². The topological polar surface area (TPSA) is 33.2 Å². The molecular weight excluding hydrogens is 347 g/mol. The third-order valence-electron chi connectivity index (χ3n) is 5.89. The highest BCUT2D eigenvalue weighted by Gasteiger charge is 2.43. The van der Waals surface area contributed by atoms with Crippen molar-refractivity contribution in [3.63, 3.8) is 0 Å². The molecule has 2 aliphatic heterocycles. The molecule has 5 heteroatoms. The van der Waals surface area contributed by atoms with Crippen molar-refractivity contribution in [3.05, 3.63) is 64.9 Å². The first-order chi connectivity index (χ1) is 12.7. The smallest absolute Gasteiger partial charge is 0.254 e. The van der Waals surface area contributed by atoms with Gasteiger partial charge in [0.2, 0.25) is 0 Å². The molecule has 3 atom stereocenters. The Kier molecular flexibility index (Phi) is 3.78. The first-order valence-electron chi connectivity index (χ1n) is 9.10. The number of aromatic nitrogens is 1. The fourth-order valence-electron chi connectivity index (χ4n) is 4.66. The molecule has 2 aliphatic rings. The maximum atomic E-state index is 13.2. The number of piperidine rings is 1. The van der Waals surface area contributed by atoms with Crippen molar-refractivity contribution in [1.29, 1.82) is 0 Å². The van der Waals surface area contributed by atoms with Crippen molar-refractivity contribution in [2.24, 2.45) is 0 Å². The SMILES string of the molecule is O=C(c1ccc2scnc2c1)N1[C@@H]2CC[C@H]1CC(c1ccc(F)cc1)C2. The second-order valence-corrected chi connectivity index (χ2v) is 8.24. The number of amides is 1. The zero-order chi connectivity index (χ0) is 17.7. The van der Waals surface area contributed by atoms with Gasteiger partial charge in [-0.05, 0) is 67.5 Å². The molecule has 3 aromatic rings. The molecule has 0 spiro atoms. The van der Waals surface area contributed by atoms with Crippen LogP contribution in [0.5, 0.6) is 0 Å². The number of hydrogen-bond acceptors (Lipinski definition) is 3. The van der Waals surface area contributed by atoms with Crippen LogP contribution in [-0.2, 0) is 0 Å². The monoisotopic (exact) mass is 366 g/mol. The highest BCUT2D eigenvalue weighted by atomic mass is 32.1. The van der Waals surface area contributed by atoms with Crippen molar-refractivity contribution in [2.75, 3.05) is 0 Å². The van der Waals surface area contributed by atoms with Gasteiger partial charge in [0.25, 0.3) is 5.91 Å². The van der Waals surface area contributed by atoms with Crippen LogP contribution in [0, 0.1) is 5.82 Å². The fraction of sp³-hybridized carbons (Fsp3) is 0.333. The molecular formula is C21H19FN2OS. The number of thiazole rings is 1. The zero-order valence-corrected chi connectivity index (χ0v) is 15.1. The Morgan fingerprint density at radius 1 is 1.08 bits per heavy atom.